The van der Waals surface area contributed by atoms with Crippen LogP contribution in [0.5, 0.6) is 5.75 Å². The van der Waals surface area contributed by atoms with E-state index in [9.17, 15) is 0 Å². The van der Waals surface area contributed by atoms with Crippen LogP contribution in [0.3, 0.4) is 0 Å². The van der Waals surface area contributed by atoms with Crippen LogP contribution < -0.4 is 10.1 Å². The molecular weight excluding hydrogens is 254 g/mol. The minimum atomic E-state index is 0.330. The Labute approximate surface area is 119 Å². The summed E-state index contributed by atoms with van der Waals surface area (Å²) >= 11 is 0. The molecule has 1 aromatic heterocycles. The summed E-state index contributed by atoms with van der Waals surface area (Å²) in [5.41, 5.74) is 1.13. The normalized spacial score (nSPS) is 10.7. The molecule has 0 aliphatic heterocycles. The molecule has 1 heterocycles. The van der Waals surface area contributed by atoms with Gasteiger partial charge in [0.15, 0.2) is 6.61 Å². The van der Waals surface area contributed by atoms with Crippen LogP contribution in [0.25, 0.3) is 0 Å². The number of para-hydroxylation sites is 1. The van der Waals surface area contributed by atoms with Crippen LogP contribution in [-0.4, -0.2) is 16.7 Å². The van der Waals surface area contributed by atoms with Gasteiger partial charge in [0, 0.05) is 18.5 Å². The first-order valence-corrected chi connectivity index (χ1v) is 7.06. The van der Waals surface area contributed by atoms with E-state index in [-0.39, 0.29) is 0 Å². The maximum Gasteiger partial charge on any atom is 0.226 e. The standard InChI is InChI=1S/C15H21N3O2/c1-3-7-15-17-14(18-20-15)11-19-13-9-6-5-8-12(13)10-16-4-2/h5-6,8-9,16H,3-4,7,10-11H2,1-2H3. The van der Waals surface area contributed by atoms with Crippen LogP contribution in [0, 0.1) is 0 Å². The lowest BCUT2D eigenvalue weighted by Crippen LogP contribution is -2.13. The van der Waals surface area contributed by atoms with E-state index in [0.717, 1.165) is 37.2 Å². The molecule has 0 amide bonds. The van der Waals surface area contributed by atoms with Crippen LogP contribution in [0.1, 0.15) is 37.5 Å². The molecule has 0 radical (unpaired) electrons. The summed E-state index contributed by atoms with van der Waals surface area (Å²) in [5.74, 6) is 2.12. The van der Waals surface area contributed by atoms with Gasteiger partial charge in [0.25, 0.3) is 0 Å². The number of nitrogens with zero attached hydrogens (tertiary/aromatic N) is 2. The quantitative estimate of drug-likeness (QED) is 0.802. The fourth-order valence-electron chi connectivity index (χ4n) is 1.86. The van der Waals surface area contributed by atoms with Gasteiger partial charge in [-0.05, 0) is 19.0 Å². The summed E-state index contributed by atoms with van der Waals surface area (Å²) in [7, 11) is 0. The zero-order valence-corrected chi connectivity index (χ0v) is 12.1. The van der Waals surface area contributed by atoms with Gasteiger partial charge in [-0.15, -0.1) is 0 Å². The summed E-state index contributed by atoms with van der Waals surface area (Å²) < 4.78 is 10.9. The predicted molar refractivity (Wildman–Crippen MR) is 76.4 cm³/mol. The van der Waals surface area contributed by atoms with Crippen molar-refractivity contribution in [3.05, 3.63) is 41.5 Å². The molecular formula is C15H21N3O2. The minimum absolute atomic E-state index is 0.330. The second kappa shape index (κ2) is 7.65. The molecule has 0 spiro atoms. The van der Waals surface area contributed by atoms with Crippen LogP contribution in [-0.2, 0) is 19.6 Å². The summed E-state index contributed by atoms with van der Waals surface area (Å²) in [6.07, 6.45) is 1.80. The summed E-state index contributed by atoms with van der Waals surface area (Å²) in [5, 5.41) is 7.21. The average Bonchev–Trinajstić information content (AvgIpc) is 2.92. The molecule has 1 aromatic carbocycles. The Kier molecular flexibility index (Phi) is 5.55. The highest BCUT2D eigenvalue weighted by Gasteiger charge is 2.08. The van der Waals surface area contributed by atoms with Crippen molar-refractivity contribution in [3.8, 4) is 5.75 Å². The van der Waals surface area contributed by atoms with E-state index in [0.29, 0.717) is 18.3 Å². The van der Waals surface area contributed by atoms with Gasteiger partial charge in [-0.2, -0.15) is 4.98 Å². The van der Waals surface area contributed by atoms with Crippen molar-refractivity contribution < 1.29 is 9.26 Å². The highest BCUT2D eigenvalue weighted by atomic mass is 16.5. The maximum atomic E-state index is 5.79. The summed E-state index contributed by atoms with van der Waals surface area (Å²) in [6.45, 7) is 6.21. The lowest BCUT2D eigenvalue weighted by atomic mass is 10.2. The van der Waals surface area contributed by atoms with Gasteiger partial charge in [0.1, 0.15) is 5.75 Å². The largest absolute Gasteiger partial charge is 0.485 e. The van der Waals surface area contributed by atoms with Crippen LogP contribution >= 0.6 is 0 Å². The first-order valence-electron chi connectivity index (χ1n) is 7.06. The minimum Gasteiger partial charge on any atom is -0.485 e. The van der Waals surface area contributed by atoms with Gasteiger partial charge in [-0.1, -0.05) is 37.2 Å². The number of hydrogen-bond acceptors (Lipinski definition) is 5. The van der Waals surface area contributed by atoms with E-state index in [1.54, 1.807) is 0 Å². The van der Waals surface area contributed by atoms with E-state index in [1.807, 2.05) is 18.2 Å². The lowest BCUT2D eigenvalue weighted by Gasteiger charge is -2.10. The molecule has 0 saturated carbocycles. The molecule has 2 rings (SSSR count). The molecule has 5 nitrogen and oxygen atoms in total. The van der Waals surface area contributed by atoms with Crippen LogP contribution in [0.15, 0.2) is 28.8 Å². The monoisotopic (exact) mass is 275 g/mol. The van der Waals surface area contributed by atoms with Crippen molar-refractivity contribution in [3.63, 3.8) is 0 Å². The number of rotatable bonds is 8. The van der Waals surface area contributed by atoms with E-state index < -0.39 is 0 Å². The van der Waals surface area contributed by atoms with Gasteiger partial charge in [-0.25, -0.2) is 0 Å². The first kappa shape index (κ1) is 14.5. The molecule has 2 aromatic rings. The molecule has 0 unspecified atom stereocenters. The number of benzene rings is 1. The zero-order chi connectivity index (χ0) is 14.2. The third-order valence-corrected chi connectivity index (χ3v) is 2.87. The van der Waals surface area contributed by atoms with Crippen molar-refractivity contribution in [2.45, 2.75) is 39.8 Å². The third-order valence-electron chi connectivity index (χ3n) is 2.87. The number of ether oxygens (including phenoxy) is 1. The number of hydrogen-bond donors (Lipinski definition) is 1. The highest BCUT2D eigenvalue weighted by molar-refractivity contribution is 5.33. The zero-order valence-electron chi connectivity index (χ0n) is 12.1. The molecule has 1 N–H and O–H groups in total. The summed E-state index contributed by atoms with van der Waals surface area (Å²) in [4.78, 5) is 4.29. The van der Waals surface area contributed by atoms with Crippen LogP contribution in [0.4, 0.5) is 0 Å². The Morgan fingerprint density at radius 2 is 2.10 bits per heavy atom. The summed E-state index contributed by atoms with van der Waals surface area (Å²) in [6, 6.07) is 7.98. The molecule has 0 fully saturated rings. The Bertz CT molecular complexity index is 525. The molecule has 5 heteroatoms. The van der Waals surface area contributed by atoms with E-state index in [1.165, 1.54) is 0 Å². The van der Waals surface area contributed by atoms with Gasteiger partial charge in [-0.3, -0.25) is 0 Å². The molecule has 0 atom stereocenters. The fraction of sp³-hybridized carbons (Fsp3) is 0.467. The lowest BCUT2D eigenvalue weighted by molar-refractivity contribution is 0.282. The van der Waals surface area contributed by atoms with E-state index >= 15 is 0 Å². The van der Waals surface area contributed by atoms with Crippen molar-refractivity contribution in [2.75, 3.05) is 6.54 Å². The van der Waals surface area contributed by atoms with Crippen LogP contribution in [0.2, 0.25) is 0 Å². The topological polar surface area (TPSA) is 60.2 Å². The molecule has 0 bridgehead atoms. The third kappa shape index (κ3) is 4.06. The van der Waals surface area contributed by atoms with Crippen molar-refractivity contribution in [1.29, 1.82) is 0 Å². The Morgan fingerprint density at radius 3 is 2.90 bits per heavy atom. The Balaban J connectivity index is 1.95. The van der Waals surface area contributed by atoms with Crippen molar-refractivity contribution in [2.24, 2.45) is 0 Å². The van der Waals surface area contributed by atoms with Gasteiger partial charge in [0.05, 0.1) is 0 Å². The Hall–Kier alpha value is -1.88. The molecule has 108 valence electrons. The maximum absolute atomic E-state index is 5.79. The van der Waals surface area contributed by atoms with Gasteiger partial charge in [0.2, 0.25) is 11.7 Å². The molecule has 20 heavy (non-hydrogen) atoms. The average molecular weight is 275 g/mol. The van der Waals surface area contributed by atoms with E-state index in [2.05, 4.69) is 35.4 Å². The highest BCUT2D eigenvalue weighted by Crippen LogP contribution is 2.18. The van der Waals surface area contributed by atoms with Crippen molar-refractivity contribution in [1.82, 2.24) is 15.5 Å². The number of aryl methyl sites for hydroxylation is 1. The van der Waals surface area contributed by atoms with Gasteiger partial charge < -0.3 is 14.6 Å². The number of nitrogens with one attached hydrogen (secondary N) is 1. The molecule has 0 aliphatic rings. The second-order valence-corrected chi connectivity index (χ2v) is 4.53. The van der Waals surface area contributed by atoms with Gasteiger partial charge >= 0.3 is 0 Å². The second-order valence-electron chi connectivity index (χ2n) is 4.53. The smallest absolute Gasteiger partial charge is 0.226 e. The Morgan fingerprint density at radius 1 is 1.25 bits per heavy atom. The van der Waals surface area contributed by atoms with E-state index in [4.69, 9.17) is 9.26 Å². The first-order chi connectivity index (χ1) is 9.83. The molecule has 0 saturated heterocycles. The number of aromatic nitrogens is 2. The molecule has 0 aliphatic carbocycles. The SMILES string of the molecule is CCCc1nc(COc2ccccc2CNCC)no1. The van der Waals surface area contributed by atoms with Crippen molar-refractivity contribution >= 4 is 0 Å². The predicted octanol–water partition coefficient (Wildman–Crippen LogP) is 2.71. The fourth-order valence-corrected chi connectivity index (χ4v) is 1.86.